The molecule has 1 heterocycles. The molecule has 0 spiro atoms. The highest BCUT2D eigenvalue weighted by molar-refractivity contribution is 6.34. The number of piperazine rings is 1. The van der Waals surface area contributed by atoms with E-state index in [4.69, 9.17) is 23.2 Å². The van der Waals surface area contributed by atoms with Crippen LogP contribution >= 0.6 is 23.2 Å². The lowest BCUT2D eigenvalue weighted by Gasteiger charge is -2.32. The predicted octanol–water partition coefficient (Wildman–Crippen LogP) is 2.72. The van der Waals surface area contributed by atoms with Crippen molar-refractivity contribution in [1.82, 2.24) is 15.1 Å². The molecule has 1 saturated heterocycles. The van der Waals surface area contributed by atoms with E-state index in [0.717, 1.165) is 18.7 Å². The van der Waals surface area contributed by atoms with E-state index in [-0.39, 0.29) is 0 Å². The van der Waals surface area contributed by atoms with Gasteiger partial charge < -0.3 is 15.1 Å². The zero-order valence-corrected chi connectivity index (χ0v) is 13.6. The molecule has 0 aliphatic carbocycles. The maximum absolute atomic E-state index is 5.98. The molecule has 2 rings (SSSR count). The molecule has 0 aromatic heterocycles. The van der Waals surface area contributed by atoms with Gasteiger partial charge in [-0.3, -0.25) is 0 Å². The normalized spacial score (nSPS) is 17.6. The van der Waals surface area contributed by atoms with E-state index >= 15 is 0 Å². The minimum atomic E-state index is 0.701. The Morgan fingerprint density at radius 3 is 2.35 bits per heavy atom. The number of nitrogens with one attached hydrogen (secondary N) is 1. The van der Waals surface area contributed by atoms with Gasteiger partial charge in [-0.15, -0.1) is 0 Å². The molecule has 1 aliphatic heterocycles. The van der Waals surface area contributed by atoms with Gasteiger partial charge in [0.2, 0.25) is 0 Å². The van der Waals surface area contributed by atoms with E-state index < -0.39 is 0 Å². The van der Waals surface area contributed by atoms with Gasteiger partial charge in [0, 0.05) is 42.8 Å². The van der Waals surface area contributed by atoms with Crippen LogP contribution in [0.25, 0.3) is 0 Å². The summed E-state index contributed by atoms with van der Waals surface area (Å²) in [5.74, 6) is 0. The Kier molecular flexibility index (Phi) is 6.59. The third kappa shape index (κ3) is 5.58. The highest BCUT2D eigenvalue weighted by Gasteiger charge is 2.12. The number of halogens is 2. The fourth-order valence-corrected chi connectivity index (χ4v) is 3.02. The van der Waals surface area contributed by atoms with Crippen LogP contribution in [-0.2, 0) is 6.54 Å². The SMILES string of the molecule is CN1CCN(CCCNCc2cc(Cl)cc(Cl)c2)CC1. The van der Waals surface area contributed by atoms with Crippen LogP contribution in [0.15, 0.2) is 18.2 Å². The van der Waals surface area contributed by atoms with Gasteiger partial charge in [-0.25, -0.2) is 0 Å². The number of hydrogen-bond acceptors (Lipinski definition) is 3. The molecule has 20 heavy (non-hydrogen) atoms. The highest BCUT2D eigenvalue weighted by Crippen LogP contribution is 2.18. The van der Waals surface area contributed by atoms with E-state index in [1.807, 2.05) is 12.1 Å². The number of hydrogen-bond donors (Lipinski definition) is 1. The summed E-state index contributed by atoms with van der Waals surface area (Å²) in [4.78, 5) is 4.93. The Hall–Kier alpha value is -0.320. The van der Waals surface area contributed by atoms with E-state index in [1.165, 1.54) is 39.1 Å². The summed E-state index contributed by atoms with van der Waals surface area (Å²) in [5, 5.41) is 4.85. The molecular weight excluding hydrogens is 293 g/mol. The first kappa shape index (κ1) is 16.1. The summed E-state index contributed by atoms with van der Waals surface area (Å²) in [6.07, 6.45) is 1.18. The Morgan fingerprint density at radius 2 is 1.70 bits per heavy atom. The molecule has 0 amide bonds. The fourth-order valence-electron chi connectivity index (χ4n) is 2.44. The molecule has 0 atom stereocenters. The molecule has 1 aliphatic rings. The van der Waals surface area contributed by atoms with Crippen molar-refractivity contribution in [2.24, 2.45) is 0 Å². The van der Waals surface area contributed by atoms with E-state index in [2.05, 4.69) is 22.2 Å². The van der Waals surface area contributed by atoms with Gasteiger partial charge in [-0.1, -0.05) is 23.2 Å². The van der Waals surface area contributed by atoms with Gasteiger partial charge in [0.25, 0.3) is 0 Å². The molecular formula is C15H23Cl2N3. The molecule has 0 bridgehead atoms. The number of benzene rings is 1. The van der Waals surface area contributed by atoms with Crippen molar-refractivity contribution in [1.29, 1.82) is 0 Å². The van der Waals surface area contributed by atoms with Gasteiger partial charge in [-0.2, -0.15) is 0 Å². The van der Waals surface area contributed by atoms with Crippen LogP contribution in [-0.4, -0.2) is 56.1 Å². The van der Waals surface area contributed by atoms with Crippen LogP contribution in [0.4, 0.5) is 0 Å². The molecule has 1 aromatic carbocycles. The largest absolute Gasteiger partial charge is 0.313 e. The Bertz CT molecular complexity index is 397. The second-order valence-corrected chi connectivity index (χ2v) is 6.33. The summed E-state index contributed by atoms with van der Waals surface area (Å²) in [7, 11) is 2.19. The van der Waals surface area contributed by atoms with E-state index in [9.17, 15) is 0 Å². The van der Waals surface area contributed by atoms with Crippen LogP contribution in [0.5, 0.6) is 0 Å². The van der Waals surface area contributed by atoms with Crippen LogP contribution in [0.3, 0.4) is 0 Å². The lowest BCUT2D eigenvalue weighted by Crippen LogP contribution is -2.45. The van der Waals surface area contributed by atoms with Crippen molar-refractivity contribution >= 4 is 23.2 Å². The monoisotopic (exact) mass is 315 g/mol. The van der Waals surface area contributed by atoms with Gasteiger partial charge in [0.05, 0.1) is 0 Å². The topological polar surface area (TPSA) is 18.5 Å². The standard InChI is InChI=1S/C15H23Cl2N3/c1-19-5-7-20(8-6-19)4-2-3-18-12-13-9-14(16)11-15(17)10-13/h9-11,18H,2-8,12H2,1H3. The minimum Gasteiger partial charge on any atom is -0.313 e. The van der Waals surface area contributed by atoms with Gasteiger partial charge in [0.15, 0.2) is 0 Å². The average Bonchev–Trinajstić information content (AvgIpc) is 2.39. The number of nitrogens with zero attached hydrogens (tertiary/aromatic N) is 2. The quantitative estimate of drug-likeness (QED) is 0.814. The van der Waals surface area contributed by atoms with Crippen molar-refractivity contribution in [2.75, 3.05) is 46.3 Å². The van der Waals surface area contributed by atoms with Gasteiger partial charge in [-0.05, 0) is 50.3 Å². The Balaban J connectivity index is 1.59. The third-order valence-electron chi connectivity index (χ3n) is 3.68. The molecule has 112 valence electrons. The molecule has 5 heteroatoms. The molecule has 1 fully saturated rings. The van der Waals surface area contributed by atoms with Gasteiger partial charge in [0.1, 0.15) is 0 Å². The zero-order chi connectivity index (χ0) is 14.4. The third-order valence-corrected chi connectivity index (χ3v) is 4.11. The summed E-state index contributed by atoms with van der Waals surface area (Å²) in [6, 6.07) is 5.68. The summed E-state index contributed by atoms with van der Waals surface area (Å²) in [5.41, 5.74) is 1.14. The van der Waals surface area contributed by atoms with Crippen molar-refractivity contribution in [2.45, 2.75) is 13.0 Å². The fraction of sp³-hybridized carbons (Fsp3) is 0.600. The molecule has 0 radical (unpaired) electrons. The molecule has 1 N–H and O–H groups in total. The maximum Gasteiger partial charge on any atom is 0.0424 e. The molecule has 0 saturated carbocycles. The van der Waals surface area contributed by atoms with E-state index in [1.54, 1.807) is 6.07 Å². The Labute approximate surface area is 131 Å². The summed E-state index contributed by atoms with van der Waals surface area (Å²) < 4.78 is 0. The predicted molar refractivity (Wildman–Crippen MR) is 86.7 cm³/mol. The lowest BCUT2D eigenvalue weighted by atomic mass is 10.2. The zero-order valence-electron chi connectivity index (χ0n) is 12.0. The first-order chi connectivity index (χ1) is 9.63. The number of rotatable bonds is 6. The minimum absolute atomic E-state index is 0.701. The average molecular weight is 316 g/mol. The van der Waals surface area contributed by atoms with Crippen molar-refractivity contribution in [3.63, 3.8) is 0 Å². The van der Waals surface area contributed by atoms with Gasteiger partial charge >= 0.3 is 0 Å². The second kappa shape index (κ2) is 8.20. The van der Waals surface area contributed by atoms with Crippen molar-refractivity contribution in [3.8, 4) is 0 Å². The first-order valence-electron chi connectivity index (χ1n) is 7.20. The number of likely N-dealkylation sites (N-methyl/N-ethyl adjacent to an activating group) is 1. The van der Waals surface area contributed by atoms with Crippen LogP contribution in [0, 0.1) is 0 Å². The highest BCUT2D eigenvalue weighted by atomic mass is 35.5. The van der Waals surface area contributed by atoms with Crippen LogP contribution < -0.4 is 5.32 Å². The van der Waals surface area contributed by atoms with E-state index in [0.29, 0.717) is 10.0 Å². The van der Waals surface area contributed by atoms with Crippen molar-refractivity contribution < 1.29 is 0 Å². The summed E-state index contributed by atoms with van der Waals surface area (Å²) >= 11 is 12.0. The lowest BCUT2D eigenvalue weighted by molar-refractivity contribution is 0.153. The van der Waals surface area contributed by atoms with Crippen molar-refractivity contribution in [3.05, 3.63) is 33.8 Å². The second-order valence-electron chi connectivity index (χ2n) is 5.45. The Morgan fingerprint density at radius 1 is 1.05 bits per heavy atom. The summed E-state index contributed by atoms with van der Waals surface area (Å²) in [6.45, 7) is 7.79. The maximum atomic E-state index is 5.98. The molecule has 3 nitrogen and oxygen atoms in total. The molecule has 1 aromatic rings. The van der Waals surface area contributed by atoms with Crippen LogP contribution in [0.1, 0.15) is 12.0 Å². The first-order valence-corrected chi connectivity index (χ1v) is 7.95. The van der Waals surface area contributed by atoms with Crippen LogP contribution in [0.2, 0.25) is 10.0 Å². The molecule has 0 unspecified atom stereocenters. The smallest absolute Gasteiger partial charge is 0.0424 e.